The fourth-order valence-electron chi connectivity index (χ4n) is 2.65. The standard InChI is InChI=1S/C18H15N5O3S2/c1-11-20-15-7-2-12(10-16(15)21-11)17(24)22-13-3-5-14(6-4-13)28(25,26)23-18-19-8-9-27-18/h2-10H,1H3,(H,19,23)(H,20,21)(H,22,24). The average Bonchev–Trinajstić information content (AvgIpc) is 3.29. The van der Waals surface area contributed by atoms with E-state index < -0.39 is 10.0 Å². The third-order valence-corrected chi connectivity index (χ3v) is 6.11. The van der Waals surface area contributed by atoms with Crippen LogP contribution in [-0.4, -0.2) is 29.3 Å². The van der Waals surface area contributed by atoms with Crippen LogP contribution in [0.3, 0.4) is 0 Å². The number of nitrogens with one attached hydrogen (secondary N) is 3. The van der Waals surface area contributed by atoms with Gasteiger partial charge in [-0.25, -0.2) is 18.4 Å². The van der Waals surface area contributed by atoms with Gasteiger partial charge in [0.05, 0.1) is 15.9 Å². The van der Waals surface area contributed by atoms with Gasteiger partial charge in [-0.15, -0.1) is 11.3 Å². The first kappa shape index (κ1) is 18.1. The monoisotopic (exact) mass is 413 g/mol. The smallest absolute Gasteiger partial charge is 0.263 e. The number of nitrogens with zero attached hydrogens (tertiary/aromatic N) is 2. The molecule has 8 nitrogen and oxygen atoms in total. The minimum absolute atomic E-state index is 0.0788. The Morgan fingerprint density at radius 3 is 2.64 bits per heavy atom. The van der Waals surface area contributed by atoms with Crippen LogP contribution in [0.5, 0.6) is 0 Å². The van der Waals surface area contributed by atoms with Crippen LogP contribution >= 0.6 is 11.3 Å². The van der Waals surface area contributed by atoms with E-state index in [0.717, 1.165) is 16.9 Å². The molecule has 0 atom stereocenters. The maximum atomic E-state index is 12.5. The Bertz CT molecular complexity index is 1250. The van der Waals surface area contributed by atoms with Crippen molar-refractivity contribution in [2.45, 2.75) is 11.8 Å². The number of aromatic nitrogens is 3. The molecule has 0 aliphatic carbocycles. The molecule has 0 saturated carbocycles. The molecule has 2 heterocycles. The molecule has 0 radical (unpaired) electrons. The van der Waals surface area contributed by atoms with Gasteiger partial charge in [0.2, 0.25) is 0 Å². The van der Waals surface area contributed by atoms with Crippen LogP contribution in [0.15, 0.2) is 58.9 Å². The van der Waals surface area contributed by atoms with Crippen molar-refractivity contribution in [3.8, 4) is 0 Å². The molecule has 1 amide bonds. The van der Waals surface area contributed by atoms with E-state index in [-0.39, 0.29) is 10.8 Å². The first-order chi connectivity index (χ1) is 13.4. The minimum Gasteiger partial charge on any atom is -0.342 e. The van der Waals surface area contributed by atoms with Crippen molar-refractivity contribution in [2.24, 2.45) is 0 Å². The van der Waals surface area contributed by atoms with E-state index >= 15 is 0 Å². The highest BCUT2D eigenvalue weighted by atomic mass is 32.2. The van der Waals surface area contributed by atoms with E-state index in [1.165, 1.54) is 41.8 Å². The maximum absolute atomic E-state index is 12.5. The largest absolute Gasteiger partial charge is 0.342 e. The first-order valence-corrected chi connectivity index (χ1v) is 10.6. The van der Waals surface area contributed by atoms with Crippen molar-refractivity contribution in [3.05, 3.63) is 65.4 Å². The summed E-state index contributed by atoms with van der Waals surface area (Å²) in [5.41, 5.74) is 2.52. The zero-order valence-corrected chi connectivity index (χ0v) is 16.3. The summed E-state index contributed by atoms with van der Waals surface area (Å²) >= 11 is 1.19. The molecule has 0 aliphatic heterocycles. The summed E-state index contributed by atoms with van der Waals surface area (Å²) in [6.45, 7) is 1.85. The van der Waals surface area contributed by atoms with E-state index in [1.54, 1.807) is 23.6 Å². The topological polar surface area (TPSA) is 117 Å². The third kappa shape index (κ3) is 3.73. The predicted octanol–water partition coefficient (Wildman–Crippen LogP) is 3.38. The van der Waals surface area contributed by atoms with Crippen LogP contribution in [0.4, 0.5) is 10.8 Å². The maximum Gasteiger partial charge on any atom is 0.263 e. The predicted molar refractivity (Wildman–Crippen MR) is 108 cm³/mol. The normalized spacial score (nSPS) is 11.5. The Morgan fingerprint density at radius 1 is 1.14 bits per heavy atom. The van der Waals surface area contributed by atoms with Gasteiger partial charge in [0, 0.05) is 22.8 Å². The number of benzene rings is 2. The molecule has 2 aromatic heterocycles. The lowest BCUT2D eigenvalue weighted by Crippen LogP contribution is -2.14. The molecular formula is C18H15N5O3S2. The van der Waals surface area contributed by atoms with E-state index in [2.05, 4.69) is 25.0 Å². The van der Waals surface area contributed by atoms with Crippen LogP contribution in [0.1, 0.15) is 16.2 Å². The summed E-state index contributed by atoms with van der Waals surface area (Å²) in [7, 11) is -3.73. The van der Waals surface area contributed by atoms with Crippen molar-refractivity contribution in [1.82, 2.24) is 15.0 Å². The number of sulfonamides is 1. The zero-order chi connectivity index (χ0) is 19.7. The first-order valence-electron chi connectivity index (χ1n) is 8.21. The Kier molecular flexibility index (Phi) is 4.57. The lowest BCUT2D eigenvalue weighted by Gasteiger charge is -2.08. The summed E-state index contributed by atoms with van der Waals surface area (Å²) in [6.07, 6.45) is 1.52. The SMILES string of the molecule is Cc1nc2ccc(C(=O)Nc3ccc(S(=O)(=O)Nc4nccs4)cc3)cc2[nH]1. The zero-order valence-electron chi connectivity index (χ0n) is 14.6. The Hall–Kier alpha value is -3.24. The number of amides is 1. The van der Waals surface area contributed by atoms with E-state index in [9.17, 15) is 13.2 Å². The molecule has 0 bridgehead atoms. The molecule has 142 valence electrons. The molecule has 4 aromatic rings. The number of aromatic amines is 1. The van der Waals surface area contributed by atoms with Crippen LogP contribution in [0.2, 0.25) is 0 Å². The number of fused-ring (bicyclic) bond motifs is 1. The number of rotatable bonds is 5. The second-order valence-electron chi connectivity index (χ2n) is 5.98. The molecule has 28 heavy (non-hydrogen) atoms. The lowest BCUT2D eigenvalue weighted by molar-refractivity contribution is 0.102. The highest BCUT2D eigenvalue weighted by Gasteiger charge is 2.16. The van der Waals surface area contributed by atoms with Crippen LogP contribution in [0, 0.1) is 6.92 Å². The number of thiazole rings is 1. The molecule has 10 heteroatoms. The second kappa shape index (κ2) is 7.06. The van der Waals surface area contributed by atoms with Gasteiger partial charge < -0.3 is 10.3 Å². The summed E-state index contributed by atoms with van der Waals surface area (Å²) in [5, 5.41) is 4.73. The second-order valence-corrected chi connectivity index (χ2v) is 8.55. The van der Waals surface area contributed by atoms with Gasteiger partial charge in [-0.3, -0.25) is 9.52 Å². The molecule has 0 unspecified atom stereocenters. The molecule has 3 N–H and O–H groups in total. The van der Waals surface area contributed by atoms with Gasteiger partial charge in [0.15, 0.2) is 5.13 Å². The van der Waals surface area contributed by atoms with Crippen LogP contribution in [0.25, 0.3) is 11.0 Å². The fourth-order valence-corrected chi connectivity index (χ4v) is 4.44. The van der Waals surface area contributed by atoms with Gasteiger partial charge in [-0.05, 0) is 49.4 Å². The third-order valence-electron chi connectivity index (χ3n) is 3.94. The van der Waals surface area contributed by atoms with E-state index in [0.29, 0.717) is 16.4 Å². The summed E-state index contributed by atoms with van der Waals surface area (Å²) in [6, 6.07) is 11.1. The molecule has 0 spiro atoms. The van der Waals surface area contributed by atoms with Crippen molar-refractivity contribution < 1.29 is 13.2 Å². The van der Waals surface area contributed by atoms with Crippen LogP contribution in [-0.2, 0) is 10.0 Å². The van der Waals surface area contributed by atoms with Gasteiger partial charge in [-0.1, -0.05) is 0 Å². The molecule has 0 fully saturated rings. The number of hydrogen-bond acceptors (Lipinski definition) is 6. The van der Waals surface area contributed by atoms with Crippen molar-refractivity contribution >= 4 is 49.1 Å². The summed E-state index contributed by atoms with van der Waals surface area (Å²) in [4.78, 5) is 23.9. The van der Waals surface area contributed by atoms with Gasteiger partial charge in [0.25, 0.3) is 15.9 Å². The van der Waals surface area contributed by atoms with Crippen molar-refractivity contribution in [3.63, 3.8) is 0 Å². The lowest BCUT2D eigenvalue weighted by atomic mass is 10.2. The average molecular weight is 413 g/mol. The summed E-state index contributed by atoms with van der Waals surface area (Å²) in [5.74, 6) is 0.474. The van der Waals surface area contributed by atoms with Gasteiger partial charge in [0.1, 0.15) is 5.82 Å². The number of aryl methyl sites for hydroxylation is 1. The minimum atomic E-state index is -3.73. The number of H-pyrrole nitrogens is 1. The Labute approximate surface area is 164 Å². The van der Waals surface area contributed by atoms with Crippen molar-refractivity contribution in [2.75, 3.05) is 10.0 Å². The number of carbonyl (C=O) groups is 1. The van der Waals surface area contributed by atoms with Gasteiger partial charge in [-0.2, -0.15) is 0 Å². The number of imidazole rings is 1. The quantitative estimate of drug-likeness (QED) is 0.464. The van der Waals surface area contributed by atoms with Crippen LogP contribution < -0.4 is 10.0 Å². The summed E-state index contributed by atoms with van der Waals surface area (Å²) < 4.78 is 27.1. The molecule has 0 saturated heterocycles. The molecular weight excluding hydrogens is 398 g/mol. The molecule has 0 aliphatic rings. The molecule has 2 aromatic carbocycles. The fraction of sp³-hybridized carbons (Fsp3) is 0.0556. The number of carbonyl (C=O) groups excluding carboxylic acids is 1. The van der Waals surface area contributed by atoms with Gasteiger partial charge >= 0.3 is 0 Å². The number of anilines is 2. The van der Waals surface area contributed by atoms with E-state index in [1.807, 2.05) is 6.92 Å². The Morgan fingerprint density at radius 2 is 1.93 bits per heavy atom. The highest BCUT2D eigenvalue weighted by Crippen LogP contribution is 2.20. The van der Waals surface area contributed by atoms with E-state index in [4.69, 9.17) is 0 Å². The van der Waals surface area contributed by atoms with Crippen molar-refractivity contribution in [1.29, 1.82) is 0 Å². The highest BCUT2D eigenvalue weighted by molar-refractivity contribution is 7.93. The Balaban J connectivity index is 1.49. The number of hydrogen-bond donors (Lipinski definition) is 3. The molecule has 4 rings (SSSR count).